The molecule has 1 fully saturated rings. The van der Waals surface area contributed by atoms with Crippen molar-refractivity contribution in [3.8, 4) is 0 Å². The molecule has 6 nitrogen and oxygen atoms in total. The van der Waals surface area contributed by atoms with Gasteiger partial charge in [-0.3, -0.25) is 4.79 Å². The fourth-order valence-electron chi connectivity index (χ4n) is 1.07. The zero-order valence-corrected chi connectivity index (χ0v) is 8.04. The smallest absolute Gasteiger partial charge is 0.317 e. The summed E-state index contributed by atoms with van der Waals surface area (Å²) in [6.07, 6.45) is 1.14. The Morgan fingerprint density at radius 3 is 2.54 bits per heavy atom. The molecule has 0 atom stereocenters. The highest BCUT2D eigenvalue weighted by atomic mass is 32.2. The Balaban J connectivity index is 2.23. The van der Waals surface area contributed by atoms with Crippen molar-refractivity contribution in [1.29, 1.82) is 0 Å². The van der Waals surface area contributed by atoms with Gasteiger partial charge >= 0.3 is 5.97 Å². The molecule has 13 heavy (non-hydrogen) atoms. The van der Waals surface area contributed by atoms with Crippen LogP contribution in [0, 0.1) is 0 Å². The largest absolute Gasteiger partial charge is 0.480 e. The molecule has 0 unspecified atom stereocenters. The number of hydrogen-bond donors (Lipinski definition) is 2. The number of carbonyl (C=O) groups is 1. The van der Waals surface area contributed by atoms with Crippen LogP contribution in [0.3, 0.4) is 0 Å². The lowest BCUT2D eigenvalue weighted by molar-refractivity contribution is -0.136. The van der Waals surface area contributed by atoms with Crippen molar-refractivity contribution in [3.63, 3.8) is 0 Å². The molecular formula is C6H12N2O4S. The number of aliphatic carboxylic acids is 1. The van der Waals surface area contributed by atoms with Crippen molar-refractivity contribution in [2.24, 2.45) is 0 Å². The molecule has 76 valence electrons. The molecule has 1 saturated heterocycles. The standard InChI is InChI=1S/C6H12N2O4S/c1-13(11,12)8-3-5(4-8)7-2-6(9)10/h5,7H,2-4H2,1H3,(H,9,10). The lowest BCUT2D eigenvalue weighted by Gasteiger charge is -2.37. The second-order valence-corrected chi connectivity index (χ2v) is 5.03. The average molecular weight is 208 g/mol. The number of nitrogens with zero attached hydrogens (tertiary/aromatic N) is 1. The Morgan fingerprint density at radius 2 is 2.15 bits per heavy atom. The molecule has 0 aromatic heterocycles. The third kappa shape index (κ3) is 2.94. The van der Waals surface area contributed by atoms with Gasteiger partial charge in [0.15, 0.2) is 0 Å². The summed E-state index contributed by atoms with van der Waals surface area (Å²) >= 11 is 0. The van der Waals surface area contributed by atoms with E-state index in [1.807, 2.05) is 0 Å². The van der Waals surface area contributed by atoms with E-state index >= 15 is 0 Å². The van der Waals surface area contributed by atoms with Gasteiger partial charge in [0.05, 0.1) is 12.8 Å². The molecule has 0 amide bonds. The average Bonchev–Trinajstić information content (AvgIpc) is 1.79. The Kier molecular flexibility index (Phi) is 2.89. The number of sulfonamides is 1. The molecule has 1 aliphatic rings. The van der Waals surface area contributed by atoms with Crippen LogP contribution in [0.4, 0.5) is 0 Å². The summed E-state index contributed by atoms with van der Waals surface area (Å²) in [5, 5.41) is 11.0. The lowest BCUT2D eigenvalue weighted by atomic mass is 10.2. The third-order valence-electron chi connectivity index (χ3n) is 1.86. The van der Waals surface area contributed by atoms with Crippen LogP contribution in [-0.2, 0) is 14.8 Å². The van der Waals surface area contributed by atoms with Gasteiger partial charge in [0.1, 0.15) is 0 Å². The van der Waals surface area contributed by atoms with E-state index in [4.69, 9.17) is 5.11 Å². The minimum atomic E-state index is -3.09. The summed E-state index contributed by atoms with van der Waals surface area (Å²) in [6.45, 7) is 0.612. The van der Waals surface area contributed by atoms with Crippen molar-refractivity contribution in [2.75, 3.05) is 25.9 Å². The monoisotopic (exact) mass is 208 g/mol. The first kappa shape index (κ1) is 10.4. The molecule has 2 N–H and O–H groups in total. The van der Waals surface area contributed by atoms with Gasteiger partial charge in [0, 0.05) is 19.1 Å². The minimum absolute atomic E-state index is 0.0224. The van der Waals surface area contributed by atoms with E-state index in [2.05, 4.69) is 5.32 Å². The van der Waals surface area contributed by atoms with Crippen molar-refractivity contribution in [2.45, 2.75) is 6.04 Å². The normalized spacial score (nSPS) is 19.8. The van der Waals surface area contributed by atoms with Gasteiger partial charge in [-0.25, -0.2) is 8.42 Å². The molecule has 7 heteroatoms. The number of nitrogens with one attached hydrogen (secondary N) is 1. The predicted molar refractivity (Wildman–Crippen MR) is 45.8 cm³/mol. The molecule has 0 aliphatic carbocycles. The van der Waals surface area contributed by atoms with Gasteiger partial charge < -0.3 is 10.4 Å². The molecule has 0 bridgehead atoms. The van der Waals surface area contributed by atoms with Crippen LogP contribution < -0.4 is 5.32 Å². The molecule has 0 spiro atoms. The van der Waals surface area contributed by atoms with Gasteiger partial charge in [-0.15, -0.1) is 0 Å². The maximum atomic E-state index is 10.9. The van der Waals surface area contributed by atoms with Crippen LogP contribution >= 0.6 is 0 Å². The van der Waals surface area contributed by atoms with E-state index < -0.39 is 16.0 Å². The van der Waals surface area contributed by atoms with Crippen molar-refractivity contribution < 1.29 is 18.3 Å². The predicted octanol–water partition coefficient (Wildman–Crippen LogP) is -1.70. The summed E-state index contributed by atoms with van der Waals surface area (Å²) in [7, 11) is -3.09. The fourth-order valence-corrected chi connectivity index (χ4v) is 1.97. The Labute approximate surface area is 76.6 Å². The van der Waals surface area contributed by atoms with Crippen LogP contribution in [0.15, 0.2) is 0 Å². The summed E-state index contributed by atoms with van der Waals surface area (Å²) < 4.78 is 23.1. The van der Waals surface area contributed by atoms with Crippen molar-refractivity contribution >= 4 is 16.0 Å². The number of carboxylic acid groups (broad SMARTS) is 1. The molecule has 1 aliphatic heterocycles. The first-order valence-electron chi connectivity index (χ1n) is 3.80. The van der Waals surface area contributed by atoms with Crippen LogP contribution in [0.2, 0.25) is 0 Å². The van der Waals surface area contributed by atoms with E-state index in [-0.39, 0.29) is 12.6 Å². The first-order chi connectivity index (χ1) is 5.89. The highest BCUT2D eigenvalue weighted by Crippen LogP contribution is 2.11. The van der Waals surface area contributed by atoms with E-state index in [9.17, 15) is 13.2 Å². The number of hydrogen-bond acceptors (Lipinski definition) is 4. The third-order valence-corrected chi connectivity index (χ3v) is 3.10. The van der Waals surface area contributed by atoms with E-state index in [0.717, 1.165) is 6.26 Å². The van der Waals surface area contributed by atoms with Crippen molar-refractivity contribution in [3.05, 3.63) is 0 Å². The van der Waals surface area contributed by atoms with Gasteiger partial charge in [-0.2, -0.15) is 4.31 Å². The lowest BCUT2D eigenvalue weighted by Crippen LogP contribution is -2.60. The summed E-state index contributed by atoms with van der Waals surface area (Å²) in [4.78, 5) is 10.1. The summed E-state index contributed by atoms with van der Waals surface area (Å²) in [5.41, 5.74) is 0. The molecule has 1 rings (SSSR count). The molecule has 0 saturated carbocycles. The van der Waals surface area contributed by atoms with E-state index in [1.165, 1.54) is 4.31 Å². The summed E-state index contributed by atoms with van der Waals surface area (Å²) in [6, 6.07) is -0.0224. The van der Waals surface area contributed by atoms with Crippen LogP contribution in [0.25, 0.3) is 0 Å². The van der Waals surface area contributed by atoms with Gasteiger partial charge in [-0.05, 0) is 0 Å². The molecular weight excluding hydrogens is 196 g/mol. The summed E-state index contributed by atoms with van der Waals surface area (Å²) in [5.74, 6) is -0.933. The quantitative estimate of drug-likeness (QED) is 0.575. The zero-order valence-electron chi connectivity index (χ0n) is 7.23. The topological polar surface area (TPSA) is 86.7 Å². The maximum absolute atomic E-state index is 10.9. The van der Waals surface area contributed by atoms with Crippen molar-refractivity contribution in [1.82, 2.24) is 9.62 Å². The van der Waals surface area contributed by atoms with E-state index in [1.54, 1.807) is 0 Å². The first-order valence-corrected chi connectivity index (χ1v) is 5.64. The second-order valence-electron chi connectivity index (χ2n) is 3.05. The highest BCUT2D eigenvalue weighted by Gasteiger charge is 2.32. The number of rotatable bonds is 4. The second kappa shape index (κ2) is 3.60. The SMILES string of the molecule is CS(=O)(=O)N1CC(NCC(=O)O)C1. The Morgan fingerprint density at radius 1 is 1.62 bits per heavy atom. The van der Waals surface area contributed by atoms with Gasteiger partial charge in [-0.1, -0.05) is 0 Å². The Bertz CT molecular complexity index is 294. The fraction of sp³-hybridized carbons (Fsp3) is 0.833. The molecule has 0 aromatic carbocycles. The van der Waals surface area contributed by atoms with Crippen LogP contribution in [0.1, 0.15) is 0 Å². The van der Waals surface area contributed by atoms with E-state index in [0.29, 0.717) is 13.1 Å². The van der Waals surface area contributed by atoms with Crippen LogP contribution in [0.5, 0.6) is 0 Å². The highest BCUT2D eigenvalue weighted by molar-refractivity contribution is 7.88. The van der Waals surface area contributed by atoms with Gasteiger partial charge in [0.2, 0.25) is 10.0 Å². The minimum Gasteiger partial charge on any atom is -0.480 e. The van der Waals surface area contributed by atoms with Gasteiger partial charge in [0.25, 0.3) is 0 Å². The maximum Gasteiger partial charge on any atom is 0.317 e. The Hall–Kier alpha value is -0.660. The molecule has 0 radical (unpaired) electrons. The number of carboxylic acids is 1. The molecule has 0 aromatic rings. The molecule has 1 heterocycles. The zero-order chi connectivity index (χ0) is 10.1. The van der Waals surface area contributed by atoms with Crippen LogP contribution in [-0.4, -0.2) is 55.7 Å².